The van der Waals surface area contributed by atoms with Crippen LogP contribution in [0.25, 0.3) is 4.85 Å². The van der Waals surface area contributed by atoms with Gasteiger partial charge in [-0.05, 0) is 31.9 Å². The van der Waals surface area contributed by atoms with Crippen LogP contribution in [0.5, 0.6) is 0 Å². The molecule has 0 aliphatic carbocycles. The van der Waals surface area contributed by atoms with Crippen LogP contribution in [-0.4, -0.2) is 4.98 Å². The van der Waals surface area contributed by atoms with Crippen LogP contribution in [0.15, 0.2) is 21.3 Å². The summed E-state index contributed by atoms with van der Waals surface area (Å²) in [7, 11) is 0. The molecule has 0 atom stereocenters. The van der Waals surface area contributed by atoms with Crippen LogP contribution in [0.3, 0.4) is 0 Å². The lowest BCUT2D eigenvalue weighted by molar-refractivity contribution is 1.16. The van der Waals surface area contributed by atoms with E-state index in [0.29, 0.717) is 6.54 Å². The number of pyridine rings is 1. The van der Waals surface area contributed by atoms with Crippen molar-refractivity contribution in [2.75, 3.05) is 0 Å². The summed E-state index contributed by atoms with van der Waals surface area (Å²) < 4.78 is 1.76. The normalized spacial score (nSPS) is 9.18. The minimum Gasteiger partial charge on any atom is -0.312 e. The summed E-state index contributed by atoms with van der Waals surface area (Å²) in [4.78, 5) is 7.22. The minimum absolute atomic E-state index is 0.379. The van der Waals surface area contributed by atoms with Crippen LogP contribution in [-0.2, 0) is 6.54 Å². The molecule has 0 saturated heterocycles. The van der Waals surface area contributed by atoms with E-state index < -0.39 is 0 Å². The number of rotatable bonds is 1. The standard InChI is InChI=1S/C7H4Br2N2/c1-10-2-5-6(8)3-11-4-7(5)9/h3-4H,2H2. The van der Waals surface area contributed by atoms with Crippen LogP contribution < -0.4 is 0 Å². The van der Waals surface area contributed by atoms with Gasteiger partial charge in [0.15, 0.2) is 0 Å². The van der Waals surface area contributed by atoms with Crippen molar-refractivity contribution in [2.45, 2.75) is 6.54 Å². The molecule has 11 heavy (non-hydrogen) atoms. The molecule has 0 aromatic carbocycles. The second-order valence-electron chi connectivity index (χ2n) is 1.90. The summed E-state index contributed by atoms with van der Waals surface area (Å²) in [6, 6.07) is 0. The van der Waals surface area contributed by atoms with Gasteiger partial charge < -0.3 is 4.85 Å². The van der Waals surface area contributed by atoms with Gasteiger partial charge in [-0.15, -0.1) is 0 Å². The van der Waals surface area contributed by atoms with Gasteiger partial charge in [-0.3, -0.25) is 4.98 Å². The van der Waals surface area contributed by atoms with Crippen molar-refractivity contribution >= 4 is 31.9 Å². The lowest BCUT2D eigenvalue weighted by Crippen LogP contribution is -1.85. The van der Waals surface area contributed by atoms with Crippen LogP contribution in [0.1, 0.15) is 5.56 Å². The number of halogens is 2. The Hall–Kier alpha value is -0.400. The Morgan fingerprint density at radius 3 is 2.36 bits per heavy atom. The molecule has 0 aliphatic heterocycles. The van der Waals surface area contributed by atoms with E-state index in [1.165, 1.54) is 0 Å². The Labute approximate surface area is 81.7 Å². The largest absolute Gasteiger partial charge is 0.312 e. The number of hydrogen-bond acceptors (Lipinski definition) is 1. The van der Waals surface area contributed by atoms with Gasteiger partial charge in [0.05, 0.1) is 5.56 Å². The quantitative estimate of drug-likeness (QED) is 0.720. The van der Waals surface area contributed by atoms with Gasteiger partial charge in [0, 0.05) is 21.3 Å². The van der Waals surface area contributed by atoms with Crippen LogP contribution in [0, 0.1) is 6.57 Å². The molecule has 1 heterocycles. The van der Waals surface area contributed by atoms with Crippen LogP contribution >= 0.6 is 31.9 Å². The fraction of sp³-hybridized carbons (Fsp3) is 0.143. The van der Waals surface area contributed by atoms with E-state index in [0.717, 1.165) is 14.5 Å². The molecule has 0 aliphatic rings. The van der Waals surface area contributed by atoms with Crippen LogP contribution in [0.4, 0.5) is 0 Å². The van der Waals surface area contributed by atoms with Crippen molar-refractivity contribution in [3.63, 3.8) is 0 Å². The molecule has 0 spiro atoms. The van der Waals surface area contributed by atoms with Crippen molar-refractivity contribution in [3.8, 4) is 0 Å². The molecule has 0 saturated carbocycles. The molecule has 0 bridgehead atoms. The number of hydrogen-bond donors (Lipinski definition) is 0. The van der Waals surface area contributed by atoms with E-state index in [-0.39, 0.29) is 0 Å². The molecule has 1 aromatic heterocycles. The van der Waals surface area contributed by atoms with Gasteiger partial charge in [-0.2, -0.15) is 0 Å². The van der Waals surface area contributed by atoms with Gasteiger partial charge in [0.1, 0.15) is 0 Å². The molecule has 0 fully saturated rings. The van der Waals surface area contributed by atoms with Crippen molar-refractivity contribution < 1.29 is 0 Å². The first kappa shape index (κ1) is 8.69. The van der Waals surface area contributed by atoms with Crippen molar-refractivity contribution in [2.24, 2.45) is 0 Å². The third-order valence-electron chi connectivity index (χ3n) is 1.19. The summed E-state index contributed by atoms with van der Waals surface area (Å²) in [6.07, 6.45) is 3.37. The van der Waals surface area contributed by atoms with E-state index in [9.17, 15) is 0 Å². The van der Waals surface area contributed by atoms with Gasteiger partial charge >= 0.3 is 0 Å². The Kier molecular flexibility index (Phi) is 3.03. The molecule has 0 amide bonds. The van der Waals surface area contributed by atoms with Crippen molar-refractivity contribution in [3.05, 3.63) is 38.3 Å². The molecule has 0 radical (unpaired) electrons. The molecule has 56 valence electrons. The third-order valence-corrected chi connectivity index (χ3v) is 2.56. The highest BCUT2D eigenvalue weighted by Gasteiger charge is 2.06. The maximum absolute atomic E-state index is 6.70. The molecule has 0 unspecified atom stereocenters. The molecular formula is C7H4Br2N2. The molecular weight excluding hydrogens is 272 g/mol. The SMILES string of the molecule is [C-]#[N+]Cc1c(Br)cncc1Br. The first-order valence-corrected chi connectivity index (χ1v) is 4.45. The minimum atomic E-state index is 0.379. The van der Waals surface area contributed by atoms with E-state index in [2.05, 4.69) is 41.7 Å². The Bertz CT molecular complexity index is 284. The fourth-order valence-corrected chi connectivity index (χ4v) is 1.85. The lowest BCUT2D eigenvalue weighted by atomic mass is 10.3. The summed E-state index contributed by atoms with van der Waals surface area (Å²) in [6.45, 7) is 7.08. The van der Waals surface area contributed by atoms with E-state index in [4.69, 9.17) is 6.57 Å². The van der Waals surface area contributed by atoms with Crippen molar-refractivity contribution in [1.29, 1.82) is 0 Å². The second kappa shape index (κ2) is 3.84. The first-order valence-electron chi connectivity index (χ1n) is 2.87. The summed E-state index contributed by atoms with van der Waals surface area (Å²) >= 11 is 6.62. The maximum atomic E-state index is 6.70. The highest BCUT2D eigenvalue weighted by molar-refractivity contribution is 9.11. The van der Waals surface area contributed by atoms with Gasteiger partial charge in [0.25, 0.3) is 0 Å². The second-order valence-corrected chi connectivity index (χ2v) is 3.61. The van der Waals surface area contributed by atoms with Crippen LogP contribution in [0.2, 0.25) is 0 Å². The Morgan fingerprint density at radius 2 is 1.91 bits per heavy atom. The number of nitrogens with zero attached hydrogens (tertiary/aromatic N) is 2. The van der Waals surface area contributed by atoms with E-state index in [1.807, 2.05) is 0 Å². The molecule has 0 N–H and O–H groups in total. The summed E-state index contributed by atoms with van der Waals surface area (Å²) in [5.74, 6) is 0. The zero-order valence-corrected chi connectivity index (χ0v) is 8.68. The molecule has 4 heteroatoms. The average molecular weight is 276 g/mol. The Morgan fingerprint density at radius 1 is 1.36 bits per heavy atom. The third kappa shape index (κ3) is 2.01. The highest BCUT2D eigenvalue weighted by atomic mass is 79.9. The van der Waals surface area contributed by atoms with Crippen molar-refractivity contribution in [1.82, 2.24) is 4.98 Å². The average Bonchev–Trinajstić information content (AvgIpc) is 1.97. The molecule has 1 rings (SSSR count). The topological polar surface area (TPSA) is 17.2 Å². The zero-order valence-electron chi connectivity index (χ0n) is 5.51. The van der Waals surface area contributed by atoms with Gasteiger partial charge in [0.2, 0.25) is 6.54 Å². The van der Waals surface area contributed by atoms with Gasteiger partial charge in [-0.1, -0.05) is 0 Å². The monoisotopic (exact) mass is 274 g/mol. The molecule has 1 aromatic rings. The fourth-order valence-electron chi connectivity index (χ4n) is 0.668. The summed E-state index contributed by atoms with van der Waals surface area (Å²) in [5, 5.41) is 0. The lowest BCUT2D eigenvalue weighted by Gasteiger charge is -1.97. The molecule has 2 nitrogen and oxygen atoms in total. The predicted octanol–water partition coefficient (Wildman–Crippen LogP) is 3.03. The van der Waals surface area contributed by atoms with E-state index >= 15 is 0 Å². The predicted molar refractivity (Wildman–Crippen MR) is 49.9 cm³/mol. The van der Waals surface area contributed by atoms with Gasteiger partial charge in [-0.25, -0.2) is 6.57 Å². The first-order chi connectivity index (χ1) is 5.25. The highest BCUT2D eigenvalue weighted by Crippen LogP contribution is 2.24. The van der Waals surface area contributed by atoms with E-state index in [1.54, 1.807) is 12.4 Å². The maximum Gasteiger partial charge on any atom is 0.242 e. The number of aromatic nitrogens is 1. The zero-order chi connectivity index (χ0) is 8.27. The smallest absolute Gasteiger partial charge is 0.242 e. The summed E-state index contributed by atoms with van der Waals surface area (Å²) in [5.41, 5.74) is 0.954. The Balaban J connectivity index is 3.12.